The molecule has 3 rings (SSSR count). The molecule has 0 bridgehead atoms. The Morgan fingerprint density at radius 3 is 2.11 bits per heavy atom. The molecule has 0 aliphatic carbocycles. The molecule has 0 aromatic heterocycles. The third kappa shape index (κ3) is 6.92. The van der Waals surface area contributed by atoms with Crippen LogP contribution in [0.5, 0.6) is 5.75 Å². The van der Waals surface area contributed by atoms with Gasteiger partial charge in [0.1, 0.15) is 18.3 Å². The molecule has 38 heavy (non-hydrogen) atoms. The molecule has 3 aromatic carbocycles. The van der Waals surface area contributed by atoms with Crippen molar-refractivity contribution in [3.05, 3.63) is 90.0 Å². The van der Waals surface area contributed by atoms with Gasteiger partial charge >= 0.3 is 0 Å². The number of ether oxygens (including phenoxy) is 1. The summed E-state index contributed by atoms with van der Waals surface area (Å²) in [4.78, 5) is 28.1. The van der Waals surface area contributed by atoms with Gasteiger partial charge in [-0.15, -0.1) is 0 Å². The van der Waals surface area contributed by atoms with Crippen molar-refractivity contribution in [3.8, 4) is 5.75 Å². The standard InChI is InChI=1S/C29H35N3O5S/c1-5-27(29(34)30-4)31(20-23-10-8-7-9-11-23)28(33)21-32(24-14-16-25(17-15-24)37-6-2)38(35,36)26-18-12-22(3)13-19-26/h7-19,27H,5-6,20-21H2,1-4H3,(H,30,34). The van der Waals surface area contributed by atoms with Crippen LogP contribution in [0.3, 0.4) is 0 Å². The predicted octanol–water partition coefficient (Wildman–Crippen LogP) is 4.14. The van der Waals surface area contributed by atoms with E-state index in [1.54, 1.807) is 36.4 Å². The van der Waals surface area contributed by atoms with E-state index in [9.17, 15) is 18.0 Å². The van der Waals surface area contributed by atoms with E-state index in [1.165, 1.54) is 24.1 Å². The van der Waals surface area contributed by atoms with E-state index in [0.29, 0.717) is 24.5 Å². The lowest BCUT2D eigenvalue weighted by molar-refractivity contribution is -0.140. The summed E-state index contributed by atoms with van der Waals surface area (Å²) >= 11 is 0. The maximum Gasteiger partial charge on any atom is 0.264 e. The number of anilines is 1. The summed E-state index contributed by atoms with van der Waals surface area (Å²) < 4.78 is 34.3. The number of hydrogen-bond donors (Lipinski definition) is 1. The molecule has 202 valence electrons. The number of carbonyl (C=O) groups excluding carboxylic acids is 2. The molecular weight excluding hydrogens is 502 g/mol. The highest BCUT2D eigenvalue weighted by Crippen LogP contribution is 2.27. The molecule has 0 saturated heterocycles. The molecule has 0 saturated carbocycles. The molecule has 9 heteroatoms. The summed E-state index contributed by atoms with van der Waals surface area (Å²) in [6.45, 7) is 5.69. The van der Waals surface area contributed by atoms with Crippen molar-refractivity contribution >= 4 is 27.5 Å². The molecule has 0 fully saturated rings. The van der Waals surface area contributed by atoms with Crippen molar-refractivity contribution < 1.29 is 22.7 Å². The summed E-state index contributed by atoms with van der Waals surface area (Å²) in [6, 6.07) is 21.6. The van der Waals surface area contributed by atoms with Crippen molar-refractivity contribution in [1.29, 1.82) is 0 Å². The van der Waals surface area contributed by atoms with Gasteiger partial charge in [-0.2, -0.15) is 0 Å². The quantitative estimate of drug-likeness (QED) is 0.375. The summed E-state index contributed by atoms with van der Waals surface area (Å²) in [7, 11) is -2.59. The predicted molar refractivity (Wildman–Crippen MR) is 148 cm³/mol. The molecule has 1 atom stereocenters. The first kappa shape index (κ1) is 28.7. The summed E-state index contributed by atoms with van der Waals surface area (Å²) in [6.07, 6.45) is 0.367. The van der Waals surface area contributed by atoms with E-state index in [4.69, 9.17) is 4.74 Å². The number of nitrogens with one attached hydrogen (secondary N) is 1. The van der Waals surface area contributed by atoms with Crippen molar-refractivity contribution in [2.24, 2.45) is 0 Å². The van der Waals surface area contributed by atoms with Crippen molar-refractivity contribution in [1.82, 2.24) is 10.2 Å². The first-order chi connectivity index (χ1) is 18.2. The highest BCUT2D eigenvalue weighted by molar-refractivity contribution is 7.92. The number of rotatable bonds is 12. The van der Waals surface area contributed by atoms with Crippen LogP contribution in [-0.4, -0.2) is 51.4 Å². The fourth-order valence-electron chi connectivity index (χ4n) is 4.11. The molecule has 0 spiro atoms. The molecule has 0 radical (unpaired) electrons. The molecule has 0 heterocycles. The number of hydrogen-bond acceptors (Lipinski definition) is 5. The van der Waals surface area contributed by atoms with Crippen molar-refractivity contribution in [2.75, 3.05) is 24.5 Å². The average Bonchev–Trinajstić information content (AvgIpc) is 2.92. The maximum absolute atomic E-state index is 13.9. The maximum atomic E-state index is 13.9. The zero-order valence-electron chi connectivity index (χ0n) is 22.3. The molecule has 3 aromatic rings. The fourth-order valence-corrected chi connectivity index (χ4v) is 5.52. The van der Waals surface area contributed by atoms with Crippen LogP contribution in [0.1, 0.15) is 31.4 Å². The lowest BCUT2D eigenvalue weighted by Crippen LogP contribution is -2.51. The highest BCUT2D eigenvalue weighted by Gasteiger charge is 2.33. The first-order valence-corrected chi connectivity index (χ1v) is 14.0. The van der Waals surface area contributed by atoms with Gasteiger partial charge in [-0.3, -0.25) is 13.9 Å². The number of amides is 2. The van der Waals surface area contributed by atoms with E-state index in [1.807, 2.05) is 51.1 Å². The molecule has 8 nitrogen and oxygen atoms in total. The Balaban J connectivity index is 2.04. The van der Waals surface area contributed by atoms with Gasteiger partial charge in [-0.05, 0) is 62.2 Å². The average molecular weight is 538 g/mol. The van der Waals surface area contributed by atoms with E-state index in [2.05, 4.69) is 5.32 Å². The third-order valence-corrected chi connectivity index (χ3v) is 7.94. The second-order valence-electron chi connectivity index (χ2n) is 8.80. The smallest absolute Gasteiger partial charge is 0.264 e. The van der Waals surface area contributed by atoms with Gasteiger partial charge in [-0.25, -0.2) is 8.42 Å². The fraction of sp³-hybridized carbons (Fsp3) is 0.310. The Bertz CT molecular complexity index is 1310. The van der Waals surface area contributed by atoms with Gasteiger partial charge in [0.15, 0.2) is 0 Å². The molecule has 0 aliphatic heterocycles. The van der Waals surface area contributed by atoms with Crippen LogP contribution in [0.15, 0.2) is 83.8 Å². The Morgan fingerprint density at radius 2 is 1.55 bits per heavy atom. The number of nitrogens with zero attached hydrogens (tertiary/aromatic N) is 2. The lowest BCUT2D eigenvalue weighted by Gasteiger charge is -2.33. The first-order valence-electron chi connectivity index (χ1n) is 12.6. The zero-order valence-corrected chi connectivity index (χ0v) is 23.1. The van der Waals surface area contributed by atoms with Gasteiger partial charge in [0.2, 0.25) is 11.8 Å². The van der Waals surface area contributed by atoms with Crippen LogP contribution >= 0.6 is 0 Å². The number of sulfonamides is 1. The second kappa shape index (κ2) is 13.1. The largest absolute Gasteiger partial charge is 0.494 e. The number of likely N-dealkylation sites (N-methyl/N-ethyl adjacent to an activating group) is 1. The van der Waals surface area contributed by atoms with Crippen LogP contribution in [-0.2, 0) is 26.2 Å². The number of aryl methyl sites for hydroxylation is 1. The molecular formula is C29H35N3O5S. The Kier molecular flexibility index (Phi) is 9.90. The molecule has 1 N–H and O–H groups in total. The third-order valence-electron chi connectivity index (χ3n) is 6.15. The van der Waals surface area contributed by atoms with Crippen LogP contribution < -0.4 is 14.4 Å². The molecule has 1 unspecified atom stereocenters. The van der Waals surface area contributed by atoms with E-state index in [-0.39, 0.29) is 17.3 Å². The minimum Gasteiger partial charge on any atom is -0.494 e. The van der Waals surface area contributed by atoms with Gasteiger partial charge < -0.3 is 15.0 Å². The Labute approximate surface area is 225 Å². The number of carbonyl (C=O) groups is 2. The summed E-state index contributed by atoms with van der Waals surface area (Å²) in [5.74, 6) is -0.216. The second-order valence-corrected chi connectivity index (χ2v) is 10.7. The van der Waals surface area contributed by atoms with Gasteiger partial charge in [0, 0.05) is 13.6 Å². The van der Waals surface area contributed by atoms with Crippen LogP contribution in [0.2, 0.25) is 0 Å². The monoisotopic (exact) mass is 537 g/mol. The van der Waals surface area contributed by atoms with Crippen molar-refractivity contribution in [2.45, 2.75) is 44.7 Å². The van der Waals surface area contributed by atoms with Crippen molar-refractivity contribution in [3.63, 3.8) is 0 Å². The van der Waals surface area contributed by atoms with Crippen LogP contribution in [0.4, 0.5) is 5.69 Å². The topological polar surface area (TPSA) is 96.0 Å². The molecule has 0 aliphatic rings. The summed E-state index contributed by atoms with van der Waals surface area (Å²) in [5, 5.41) is 2.62. The normalized spacial score (nSPS) is 11.9. The Morgan fingerprint density at radius 1 is 0.921 bits per heavy atom. The minimum absolute atomic E-state index is 0.0673. The van der Waals surface area contributed by atoms with E-state index in [0.717, 1.165) is 15.4 Å². The highest BCUT2D eigenvalue weighted by atomic mass is 32.2. The minimum atomic E-state index is -4.11. The SMILES string of the molecule is CCOc1ccc(N(CC(=O)N(Cc2ccccc2)C(CC)C(=O)NC)S(=O)(=O)c2ccc(C)cc2)cc1. The van der Waals surface area contributed by atoms with Crippen LogP contribution in [0.25, 0.3) is 0 Å². The number of benzene rings is 3. The zero-order chi connectivity index (χ0) is 27.7. The molecule has 2 amide bonds. The van der Waals surface area contributed by atoms with Crippen LogP contribution in [0, 0.1) is 6.92 Å². The van der Waals surface area contributed by atoms with E-state index < -0.39 is 28.5 Å². The summed E-state index contributed by atoms with van der Waals surface area (Å²) in [5.41, 5.74) is 2.06. The van der Waals surface area contributed by atoms with Gasteiger partial charge in [-0.1, -0.05) is 55.0 Å². The van der Waals surface area contributed by atoms with Gasteiger partial charge in [0.05, 0.1) is 17.2 Å². The Hall–Kier alpha value is -3.85. The lowest BCUT2D eigenvalue weighted by atomic mass is 10.1. The van der Waals surface area contributed by atoms with Gasteiger partial charge in [0.25, 0.3) is 10.0 Å². The van der Waals surface area contributed by atoms with E-state index >= 15 is 0 Å².